The van der Waals surface area contributed by atoms with E-state index in [-0.39, 0.29) is 12.1 Å². The van der Waals surface area contributed by atoms with Gasteiger partial charge < -0.3 is 15.2 Å². The zero-order valence-corrected chi connectivity index (χ0v) is 9.44. The van der Waals surface area contributed by atoms with Crippen molar-refractivity contribution >= 4 is 11.9 Å². The molecule has 5 nitrogen and oxygen atoms in total. The highest BCUT2D eigenvalue weighted by molar-refractivity contribution is 5.94. The second-order valence-corrected chi connectivity index (χ2v) is 3.40. The van der Waals surface area contributed by atoms with Crippen LogP contribution in [0, 0.1) is 11.6 Å². The maximum atomic E-state index is 12.9. The van der Waals surface area contributed by atoms with E-state index < -0.39 is 29.6 Å². The highest BCUT2D eigenvalue weighted by Crippen LogP contribution is 2.08. The van der Waals surface area contributed by atoms with Gasteiger partial charge in [-0.1, -0.05) is 0 Å². The molecule has 1 atom stereocenters. The highest BCUT2D eigenvalue weighted by atomic mass is 19.2. The number of hydrogen-bond acceptors (Lipinski definition) is 3. The minimum Gasteiger partial charge on any atom is -0.479 e. The van der Waals surface area contributed by atoms with Gasteiger partial charge in [0.1, 0.15) is 0 Å². The Hall–Kier alpha value is -2.02. The molecular formula is C11H11F2NO4. The number of methoxy groups -OCH3 is 1. The number of carboxylic acids is 1. The smallest absolute Gasteiger partial charge is 0.334 e. The van der Waals surface area contributed by atoms with Gasteiger partial charge in [-0.05, 0) is 18.2 Å². The molecular weight excluding hydrogens is 248 g/mol. The molecule has 0 saturated carbocycles. The fourth-order valence-corrected chi connectivity index (χ4v) is 1.20. The maximum absolute atomic E-state index is 12.9. The molecule has 98 valence electrons. The van der Waals surface area contributed by atoms with Crippen molar-refractivity contribution in [1.29, 1.82) is 0 Å². The summed E-state index contributed by atoms with van der Waals surface area (Å²) in [6.45, 7) is -0.274. The number of carbonyl (C=O) groups excluding carboxylic acids is 1. The maximum Gasteiger partial charge on any atom is 0.334 e. The van der Waals surface area contributed by atoms with Gasteiger partial charge >= 0.3 is 5.97 Å². The molecule has 1 rings (SSSR count). The average molecular weight is 259 g/mol. The number of carboxylic acid groups (broad SMARTS) is 1. The fraction of sp³-hybridized carbons (Fsp3) is 0.273. The second kappa shape index (κ2) is 6.06. The Morgan fingerprint density at radius 2 is 2.06 bits per heavy atom. The molecule has 0 bridgehead atoms. The van der Waals surface area contributed by atoms with Gasteiger partial charge in [-0.2, -0.15) is 0 Å². The van der Waals surface area contributed by atoms with Crippen LogP contribution in [0.1, 0.15) is 10.4 Å². The van der Waals surface area contributed by atoms with E-state index in [9.17, 15) is 18.4 Å². The zero-order chi connectivity index (χ0) is 13.7. The number of carbonyl (C=O) groups is 2. The van der Waals surface area contributed by atoms with E-state index in [0.29, 0.717) is 0 Å². The molecule has 0 radical (unpaired) electrons. The van der Waals surface area contributed by atoms with Crippen molar-refractivity contribution in [2.45, 2.75) is 6.10 Å². The molecule has 1 unspecified atom stereocenters. The molecule has 0 aromatic heterocycles. The Labute approximate surface area is 101 Å². The summed E-state index contributed by atoms with van der Waals surface area (Å²) in [6, 6.07) is 2.64. The van der Waals surface area contributed by atoms with Crippen LogP contribution >= 0.6 is 0 Å². The van der Waals surface area contributed by atoms with Crippen LogP contribution in [0.2, 0.25) is 0 Å². The number of hydrogen-bond donors (Lipinski definition) is 2. The quantitative estimate of drug-likeness (QED) is 0.819. The molecule has 0 heterocycles. The molecule has 2 N–H and O–H groups in total. The molecule has 18 heavy (non-hydrogen) atoms. The molecule has 0 fully saturated rings. The van der Waals surface area contributed by atoms with Crippen LogP contribution in [-0.2, 0) is 9.53 Å². The third-order valence-corrected chi connectivity index (χ3v) is 2.19. The van der Waals surface area contributed by atoms with E-state index in [1.807, 2.05) is 0 Å². The van der Waals surface area contributed by atoms with Crippen molar-refractivity contribution in [2.24, 2.45) is 0 Å². The minimum atomic E-state index is -1.23. The molecule has 0 aliphatic heterocycles. The Bertz CT molecular complexity index is 464. The number of aliphatic carboxylic acids is 1. The Morgan fingerprint density at radius 1 is 1.39 bits per heavy atom. The predicted octanol–water partition coefficient (Wildman–Crippen LogP) is 0.794. The monoisotopic (exact) mass is 259 g/mol. The van der Waals surface area contributed by atoms with Gasteiger partial charge in [-0.15, -0.1) is 0 Å². The number of benzene rings is 1. The van der Waals surface area contributed by atoms with Crippen molar-refractivity contribution in [2.75, 3.05) is 13.7 Å². The SMILES string of the molecule is COC(CNC(=O)c1ccc(F)c(F)c1)C(=O)O. The lowest BCUT2D eigenvalue weighted by Crippen LogP contribution is -2.37. The third-order valence-electron chi connectivity index (χ3n) is 2.19. The van der Waals surface area contributed by atoms with E-state index in [1.54, 1.807) is 0 Å². The highest BCUT2D eigenvalue weighted by Gasteiger charge is 2.18. The van der Waals surface area contributed by atoms with Crippen molar-refractivity contribution in [3.05, 3.63) is 35.4 Å². The summed E-state index contributed by atoms with van der Waals surface area (Å²) in [5, 5.41) is 10.9. The zero-order valence-electron chi connectivity index (χ0n) is 9.44. The first-order valence-corrected chi connectivity index (χ1v) is 4.94. The predicted molar refractivity (Wildman–Crippen MR) is 57.1 cm³/mol. The standard InChI is InChI=1S/C11H11F2NO4/c1-18-9(11(16)17)5-14-10(15)6-2-3-7(12)8(13)4-6/h2-4,9H,5H2,1H3,(H,14,15)(H,16,17). The average Bonchev–Trinajstić information content (AvgIpc) is 2.32. The number of halogens is 2. The van der Waals surface area contributed by atoms with E-state index in [4.69, 9.17) is 5.11 Å². The Morgan fingerprint density at radius 3 is 2.56 bits per heavy atom. The van der Waals surface area contributed by atoms with Crippen LogP contribution in [0.25, 0.3) is 0 Å². The molecule has 1 aromatic carbocycles. The second-order valence-electron chi connectivity index (χ2n) is 3.40. The molecule has 0 aliphatic carbocycles. The van der Waals surface area contributed by atoms with Crippen LogP contribution in [0.3, 0.4) is 0 Å². The summed E-state index contributed by atoms with van der Waals surface area (Å²) in [5.41, 5.74) is -0.103. The van der Waals surface area contributed by atoms with Gasteiger partial charge in [0.05, 0.1) is 6.54 Å². The summed E-state index contributed by atoms with van der Waals surface area (Å²) in [6.07, 6.45) is -1.20. The normalized spacial score (nSPS) is 11.9. The Balaban J connectivity index is 2.65. The largest absolute Gasteiger partial charge is 0.479 e. The Kier molecular flexibility index (Phi) is 4.73. The van der Waals surface area contributed by atoms with Crippen LogP contribution < -0.4 is 5.32 Å². The number of rotatable bonds is 5. The van der Waals surface area contributed by atoms with Gasteiger partial charge in [-0.25, -0.2) is 13.6 Å². The van der Waals surface area contributed by atoms with Crippen LogP contribution in [-0.4, -0.2) is 36.7 Å². The fourth-order valence-electron chi connectivity index (χ4n) is 1.20. The van der Waals surface area contributed by atoms with Gasteiger partial charge in [0.15, 0.2) is 17.7 Å². The summed E-state index contributed by atoms with van der Waals surface area (Å²) < 4.78 is 30.1. The lowest BCUT2D eigenvalue weighted by molar-refractivity contribution is -0.148. The van der Waals surface area contributed by atoms with E-state index >= 15 is 0 Å². The summed E-state index contributed by atoms with van der Waals surface area (Å²) in [7, 11) is 1.18. The van der Waals surface area contributed by atoms with Gasteiger partial charge in [-0.3, -0.25) is 4.79 Å². The summed E-state index contributed by atoms with van der Waals surface area (Å²) >= 11 is 0. The van der Waals surface area contributed by atoms with E-state index in [2.05, 4.69) is 10.1 Å². The topological polar surface area (TPSA) is 75.6 Å². The van der Waals surface area contributed by atoms with Crippen molar-refractivity contribution in [3.63, 3.8) is 0 Å². The number of ether oxygens (including phenoxy) is 1. The first-order valence-electron chi connectivity index (χ1n) is 4.94. The van der Waals surface area contributed by atoms with E-state index in [1.165, 1.54) is 7.11 Å². The van der Waals surface area contributed by atoms with Crippen LogP contribution in [0.4, 0.5) is 8.78 Å². The summed E-state index contributed by atoms with van der Waals surface area (Å²) in [4.78, 5) is 22.1. The van der Waals surface area contributed by atoms with Crippen LogP contribution in [0.5, 0.6) is 0 Å². The lowest BCUT2D eigenvalue weighted by atomic mass is 10.2. The third kappa shape index (κ3) is 3.49. The lowest BCUT2D eigenvalue weighted by Gasteiger charge is -2.11. The van der Waals surface area contributed by atoms with Crippen molar-refractivity contribution in [3.8, 4) is 0 Å². The molecule has 1 amide bonds. The molecule has 0 spiro atoms. The first kappa shape index (κ1) is 14.0. The molecule has 1 aromatic rings. The van der Waals surface area contributed by atoms with Crippen molar-refractivity contribution < 1.29 is 28.2 Å². The molecule has 0 saturated heterocycles. The number of amides is 1. The first-order chi connectivity index (χ1) is 8.45. The van der Waals surface area contributed by atoms with Crippen molar-refractivity contribution in [1.82, 2.24) is 5.32 Å². The summed E-state index contributed by atoms with van der Waals surface area (Å²) in [5.74, 6) is -4.16. The van der Waals surface area contributed by atoms with E-state index in [0.717, 1.165) is 18.2 Å². The molecule has 0 aliphatic rings. The van der Waals surface area contributed by atoms with Gasteiger partial charge in [0.2, 0.25) is 0 Å². The molecule has 7 heteroatoms. The number of nitrogens with one attached hydrogen (secondary N) is 1. The minimum absolute atomic E-state index is 0.103. The van der Waals surface area contributed by atoms with Crippen LogP contribution in [0.15, 0.2) is 18.2 Å². The van der Waals surface area contributed by atoms with Gasteiger partial charge in [0.25, 0.3) is 5.91 Å². The van der Waals surface area contributed by atoms with Gasteiger partial charge in [0, 0.05) is 12.7 Å².